The number of benzene rings is 1. The van der Waals surface area contributed by atoms with Gasteiger partial charge in [-0.1, -0.05) is 0 Å². The van der Waals surface area contributed by atoms with Crippen LogP contribution in [0.4, 0.5) is 0 Å². The zero-order valence-corrected chi connectivity index (χ0v) is 10.7. The summed E-state index contributed by atoms with van der Waals surface area (Å²) in [5, 5.41) is 10.1. The van der Waals surface area contributed by atoms with Crippen LogP contribution in [0.15, 0.2) is 23.0 Å². The van der Waals surface area contributed by atoms with E-state index in [1.165, 1.54) is 4.57 Å². The zero-order chi connectivity index (χ0) is 13.4. The maximum absolute atomic E-state index is 12.0. The lowest BCUT2D eigenvalue weighted by Gasteiger charge is -2.12. The quantitative estimate of drug-likeness (QED) is 0.837. The van der Waals surface area contributed by atoms with Gasteiger partial charge in [-0.2, -0.15) is 0 Å². The molecule has 0 spiro atoms. The Bertz CT molecular complexity index is 690. The number of aryl methyl sites for hydroxylation is 1. The Morgan fingerprint density at radius 1 is 1.21 bits per heavy atom. The molecule has 0 bridgehead atoms. The van der Waals surface area contributed by atoms with Crippen LogP contribution in [0.2, 0.25) is 0 Å². The Morgan fingerprint density at radius 2 is 1.89 bits per heavy atom. The summed E-state index contributed by atoms with van der Waals surface area (Å²) in [7, 11) is 1.69. The van der Waals surface area contributed by atoms with Gasteiger partial charge in [0.05, 0.1) is 25.3 Å². The predicted octanol–water partition coefficient (Wildman–Crippen LogP) is 1.19. The van der Waals surface area contributed by atoms with Crippen LogP contribution in [0.1, 0.15) is 12.0 Å². The zero-order valence-electron chi connectivity index (χ0n) is 10.7. The molecule has 0 unspecified atom stereocenters. The summed E-state index contributed by atoms with van der Waals surface area (Å²) in [4.78, 5) is 12.0. The minimum atomic E-state index is -0.267. The number of aliphatic hydroxyl groups excluding tert-OH is 1. The van der Waals surface area contributed by atoms with Crippen molar-refractivity contribution in [2.45, 2.75) is 13.0 Å². The molecular formula is C14H15NO4. The molecule has 0 atom stereocenters. The van der Waals surface area contributed by atoms with E-state index in [9.17, 15) is 9.90 Å². The van der Waals surface area contributed by atoms with Crippen LogP contribution in [0.25, 0.3) is 10.9 Å². The smallest absolute Gasteiger partial charge is 0.256 e. The number of nitrogens with zero attached hydrogens (tertiary/aromatic N) is 1. The normalized spacial score (nSPS) is 14.4. The number of aliphatic hydroxyl groups is 1. The molecule has 3 rings (SSSR count). The number of fused-ring (bicyclic) bond motifs is 2. The summed E-state index contributed by atoms with van der Waals surface area (Å²) in [5.74, 6) is 1.35. The number of rotatable bonds is 1. The summed E-state index contributed by atoms with van der Waals surface area (Å²) in [6.45, 7) is 0.968. The van der Waals surface area contributed by atoms with Gasteiger partial charge in [-0.05, 0) is 12.1 Å². The maximum Gasteiger partial charge on any atom is 0.256 e. The van der Waals surface area contributed by atoms with Crippen molar-refractivity contribution >= 4 is 10.9 Å². The number of ether oxygens (including phenoxy) is 2. The SMILES string of the molecule is Cn1c(=O)c(CO)cc2cc3c(cc21)OCCCO3. The Hall–Kier alpha value is -2.01. The molecule has 1 aromatic heterocycles. The van der Waals surface area contributed by atoms with Gasteiger partial charge in [0.15, 0.2) is 11.5 Å². The summed E-state index contributed by atoms with van der Waals surface area (Å²) in [5.41, 5.74) is 0.959. The fourth-order valence-electron chi connectivity index (χ4n) is 2.31. The maximum atomic E-state index is 12.0. The topological polar surface area (TPSA) is 60.7 Å². The number of hydrogen-bond donors (Lipinski definition) is 1. The van der Waals surface area contributed by atoms with Crippen molar-refractivity contribution in [3.63, 3.8) is 0 Å². The molecule has 1 aromatic carbocycles. The highest BCUT2D eigenvalue weighted by molar-refractivity contribution is 5.83. The molecule has 0 fully saturated rings. The van der Waals surface area contributed by atoms with Crippen LogP contribution in [0.3, 0.4) is 0 Å². The van der Waals surface area contributed by atoms with E-state index >= 15 is 0 Å². The van der Waals surface area contributed by atoms with Crippen LogP contribution in [0.5, 0.6) is 11.5 Å². The second-order valence-electron chi connectivity index (χ2n) is 4.60. The molecule has 5 nitrogen and oxygen atoms in total. The van der Waals surface area contributed by atoms with Gasteiger partial charge in [-0.25, -0.2) is 0 Å². The first-order valence-electron chi connectivity index (χ1n) is 6.24. The fraction of sp³-hybridized carbons (Fsp3) is 0.357. The number of aromatic nitrogens is 1. The Morgan fingerprint density at radius 3 is 2.58 bits per heavy atom. The molecule has 1 N–H and O–H groups in total. The van der Waals surface area contributed by atoms with E-state index in [0.717, 1.165) is 17.3 Å². The van der Waals surface area contributed by atoms with Crippen molar-refractivity contribution in [1.82, 2.24) is 4.57 Å². The molecule has 5 heteroatoms. The first-order chi connectivity index (χ1) is 9.20. The summed E-state index contributed by atoms with van der Waals surface area (Å²) < 4.78 is 12.8. The molecule has 0 saturated carbocycles. The molecule has 2 heterocycles. The summed E-state index contributed by atoms with van der Waals surface area (Å²) in [6, 6.07) is 5.37. The van der Waals surface area contributed by atoms with E-state index in [-0.39, 0.29) is 12.2 Å². The molecule has 0 aliphatic carbocycles. The average Bonchev–Trinajstić information content (AvgIpc) is 2.65. The molecule has 2 aromatic rings. The van der Waals surface area contributed by atoms with Crippen molar-refractivity contribution in [3.05, 3.63) is 34.1 Å². The van der Waals surface area contributed by atoms with Crippen molar-refractivity contribution in [2.75, 3.05) is 13.2 Å². The highest BCUT2D eigenvalue weighted by Gasteiger charge is 2.14. The highest BCUT2D eigenvalue weighted by Crippen LogP contribution is 2.33. The Kier molecular flexibility index (Phi) is 2.91. The summed E-state index contributed by atoms with van der Waals surface area (Å²) in [6.07, 6.45) is 0.839. The van der Waals surface area contributed by atoms with Gasteiger partial charge in [-0.15, -0.1) is 0 Å². The average molecular weight is 261 g/mol. The third-order valence-corrected chi connectivity index (χ3v) is 3.34. The second kappa shape index (κ2) is 4.59. The lowest BCUT2D eigenvalue weighted by Crippen LogP contribution is -2.21. The van der Waals surface area contributed by atoms with Crippen LogP contribution in [-0.2, 0) is 13.7 Å². The molecule has 0 saturated heterocycles. The first-order valence-corrected chi connectivity index (χ1v) is 6.24. The Labute approximate surface area is 110 Å². The van der Waals surface area contributed by atoms with Gasteiger partial charge in [0.1, 0.15) is 0 Å². The van der Waals surface area contributed by atoms with E-state index in [1.807, 2.05) is 12.1 Å². The summed E-state index contributed by atoms with van der Waals surface area (Å²) >= 11 is 0. The number of pyridine rings is 1. The van der Waals surface area contributed by atoms with E-state index in [2.05, 4.69) is 0 Å². The van der Waals surface area contributed by atoms with Crippen LogP contribution in [-0.4, -0.2) is 22.9 Å². The Balaban J connectivity index is 2.29. The molecule has 1 aliphatic heterocycles. The molecular weight excluding hydrogens is 246 g/mol. The van der Waals surface area contributed by atoms with Crippen molar-refractivity contribution in [2.24, 2.45) is 7.05 Å². The van der Waals surface area contributed by atoms with Gasteiger partial charge < -0.3 is 19.1 Å². The monoisotopic (exact) mass is 261 g/mol. The standard InChI is InChI=1S/C14H15NO4/c1-15-11-7-13-12(18-3-2-4-19-13)6-9(11)5-10(8-16)14(15)17/h5-7,16H,2-4,8H2,1H3. The predicted molar refractivity (Wildman–Crippen MR) is 70.7 cm³/mol. The van der Waals surface area contributed by atoms with Crippen LogP contribution in [0, 0.1) is 0 Å². The van der Waals surface area contributed by atoms with Gasteiger partial charge >= 0.3 is 0 Å². The molecule has 0 amide bonds. The lowest BCUT2D eigenvalue weighted by molar-refractivity contribution is 0.279. The largest absolute Gasteiger partial charge is 0.490 e. The minimum absolute atomic E-state index is 0.190. The van der Waals surface area contributed by atoms with Crippen LogP contribution >= 0.6 is 0 Å². The van der Waals surface area contributed by atoms with Crippen LogP contribution < -0.4 is 15.0 Å². The molecule has 19 heavy (non-hydrogen) atoms. The van der Waals surface area contributed by atoms with E-state index in [4.69, 9.17) is 9.47 Å². The van der Waals surface area contributed by atoms with Gasteiger partial charge in [0.25, 0.3) is 5.56 Å². The third kappa shape index (κ3) is 1.96. The van der Waals surface area contributed by atoms with Crippen molar-refractivity contribution in [1.29, 1.82) is 0 Å². The van der Waals surface area contributed by atoms with E-state index < -0.39 is 0 Å². The van der Waals surface area contributed by atoms with Gasteiger partial charge in [0.2, 0.25) is 0 Å². The third-order valence-electron chi connectivity index (χ3n) is 3.34. The van der Waals surface area contributed by atoms with Gasteiger partial charge in [-0.3, -0.25) is 4.79 Å². The molecule has 100 valence electrons. The van der Waals surface area contributed by atoms with Gasteiger partial charge in [0, 0.05) is 30.5 Å². The first kappa shape index (κ1) is 12.0. The fourth-order valence-corrected chi connectivity index (χ4v) is 2.31. The lowest BCUT2D eigenvalue weighted by atomic mass is 10.1. The molecule has 1 aliphatic rings. The second-order valence-corrected chi connectivity index (χ2v) is 4.60. The van der Waals surface area contributed by atoms with E-state index in [1.54, 1.807) is 13.1 Å². The van der Waals surface area contributed by atoms with Crippen molar-refractivity contribution in [3.8, 4) is 11.5 Å². The minimum Gasteiger partial charge on any atom is -0.490 e. The number of hydrogen-bond acceptors (Lipinski definition) is 4. The molecule has 0 radical (unpaired) electrons. The van der Waals surface area contributed by atoms with Crippen molar-refractivity contribution < 1.29 is 14.6 Å². The highest BCUT2D eigenvalue weighted by atomic mass is 16.5. The van der Waals surface area contributed by atoms with E-state index in [0.29, 0.717) is 30.3 Å².